The van der Waals surface area contributed by atoms with Crippen molar-refractivity contribution in [1.82, 2.24) is 4.31 Å². The Morgan fingerprint density at radius 1 is 1.33 bits per heavy atom. The monoisotopic (exact) mass is 453 g/mol. The molecule has 2 aromatic carbocycles. The number of rotatable bonds is 6. The number of carbonyl (C=O) groups excluding carboxylic acids is 2. The van der Waals surface area contributed by atoms with Gasteiger partial charge in [-0.25, -0.2) is 8.42 Å². The first-order chi connectivity index (χ1) is 14.1. The van der Waals surface area contributed by atoms with Gasteiger partial charge in [0, 0.05) is 18.8 Å². The van der Waals surface area contributed by atoms with Gasteiger partial charge in [0.15, 0.2) is 6.61 Å². The largest absolute Gasteiger partial charge is 0.495 e. The Kier molecular flexibility index (Phi) is 6.20. The lowest BCUT2D eigenvalue weighted by molar-refractivity contribution is -0.118. The van der Waals surface area contributed by atoms with E-state index < -0.39 is 22.5 Å². The number of anilines is 2. The molecule has 160 valence electrons. The van der Waals surface area contributed by atoms with E-state index in [9.17, 15) is 18.0 Å². The number of nitrogens with one attached hydrogen (secondary N) is 2. The molecule has 3 rings (SSSR count). The maximum atomic E-state index is 13.0. The lowest BCUT2D eigenvalue weighted by atomic mass is 10.2. The van der Waals surface area contributed by atoms with Crippen LogP contribution in [-0.2, 0) is 19.6 Å². The number of fused-ring (bicyclic) bond motifs is 1. The van der Waals surface area contributed by atoms with E-state index in [1.807, 2.05) is 0 Å². The molecule has 2 aromatic rings. The highest BCUT2D eigenvalue weighted by molar-refractivity contribution is 7.89. The summed E-state index contributed by atoms with van der Waals surface area (Å²) in [7, 11) is -1.21. The molecule has 11 heteroatoms. The van der Waals surface area contributed by atoms with Crippen LogP contribution in [0.5, 0.6) is 11.5 Å². The highest BCUT2D eigenvalue weighted by Gasteiger charge is 2.28. The number of carbonyl (C=O) groups is 2. The van der Waals surface area contributed by atoms with E-state index in [1.54, 1.807) is 19.1 Å². The average molecular weight is 454 g/mol. The lowest BCUT2D eigenvalue weighted by Crippen LogP contribution is -2.35. The fourth-order valence-electron chi connectivity index (χ4n) is 2.89. The summed E-state index contributed by atoms with van der Waals surface area (Å²) in [5, 5.41) is 5.54. The number of ether oxygens (including phenoxy) is 2. The van der Waals surface area contributed by atoms with Crippen molar-refractivity contribution in [3.63, 3.8) is 0 Å². The Hall–Kier alpha value is -2.82. The number of nitrogens with zero attached hydrogens (tertiary/aromatic N) is 1. The number of amides is 2. The second kappa shape index (κ2) is 8.50. The molecule has 30 heavy (non-hydrogen) atoms. The van der Waals surface area contributed by atoms with Crippen LogP contribution in [-0.4, -0.2) is 51.8 Å². The van der Waals surface area contributed by atoms with E-state index in [0.717, 1.165) is 4.31 Å². The number of hydrogen-bond acceptors (Lipinski definition) is 6. The van der Waals surface area contributed by atoms with Crippen LogP contribution in [0, 0.1) is 6.92 Å². The molecule has 0 fully saturated rings. The Morgan fingerprint density at radius 3 is 2.73 bits per heavy atom. The molecule has 2 amide bonds. The van der Waals surface area contributed by atoms with Gasteiger partial charge in [-0.05, 0) is 36.8 Å². The molecular weight excluding hydrogens is 434 g/mol. The van der Waals surface area contributed by atoms with Gasteiger partial charge in [0.05, 0.1) is 29.3 Å². The molecule has 1 heterocycles. The number of benzene rings is 2. The first-order valence-corrected chi connectivity index (χ1v) is 10.6. The zero-order valence-corrected chi connectivity index (χ0v) is 18.1. The first-order valence-electron chi connectivity index (χ1n) is 8.79. The lowest BCUT2D eigenvalue weighted by Gasteiger charge is -2.22. The summed E-state index contributed by atoms with van der Waals surface area (Å²) in [6.07, 6.45) is 0. The molecule has 0 spiro atoms. The van der Waals surface area contributed by atoms with Gasteiger partial charge in [0.1, 0.15) is 11.5 Å². The molecule has 2 N–H and O–H groups in total. The van der Waals surface area contributed by atoms with Gasteiger partial charge in [0.2, 0.25) is 15.9 Å². The van der Waals surface area contributed by atoms with Crippen LogP contribution in [0.15, 0.2) is 35.2 Å². The number of hydrogen-bond donors (Lipinski definition) is 2. The highest BCUT2D eigenvalue weighted by atomic mass is 35.5. The van der Waals surface area contributed by atoms with Crippen molar-refractivity contribution in [2.24, 2.45) is 0 Å². The Bertz CT molecular complexity index is 1120. The number of methoxy groups -OCH3 is 1. The summed E-state index contributed by atoms with van der Waals surface area (Å²) < 4.78 is 37.3. The van der Waals surface area contributed by atoms with E-state index in [2.05, 4.69) is 10.6 Å². The molecule has 0 saturated heterocycles. The number of halogens is 1. The van der Waals surface area contributed by atoms with Crippen molar-refractivity contribution < 1.29 is 27.5 Å². The third-order valence-corrected chi connectivity index (χ3v) is 6.64. The number of aryl methyl sites for hydroxylation is 1. The molecule has 0 aromatic heterocycles. The third kappa shape index (κ3) is 4.50. The van der Waals surface area contributed by atoms with Gasteiger partial charge in [0.25, 0.3) is 5.91 Å². The minimum Gasteiger partial charge on any atom is -0.495 e. The minimum absolute atomic E-state index is 0.0137. The normalized spacial score (nSPS) is 13.3. The van der Waals surface area contributed by atoms with Gasteiger partial charge in [-0.2, -0.15) is 4.31 Å². The topological polar surface area (TPSA) is 114 Å². The Balaban J connectivity index is 1.76. The van der Waals surface area contributed by atoms with Gasteiger partial charge in [-0.15, -0.1) is 0 Å². The average Bonchev–Trinajstić information content (AvgIpc) is 2.67. The molecule has 9 nitrogen and oxygen atoms in total. The molecule has 0 atom stereocenters. The SMILES string of the molecule is COc1ccc(NC(=O)CN(C)S(=O)(=O)c2cc3c(cc2C)NC(=O)CO3)cc1Cl. The van der Waals surface area contributed by atoms with Crippen LogP contribution in [0.3, 0.4) is 0 Å². The fourth-order valence-corrected chi connectivity index (χ4v) is 4.50. The van der Waals surface area contributed by atoms with Crippen LogP contribution in [0.1, 0.15) is 5.56 Å². The summed E-state index contributed by atoms with van der Waals surface area (Å²) in [6, 6.07) is 7.56. The summed E-state index contributed by atoms with van der Waals surface area (Å²) in [5.41, 5.74) is 1.22. The van der Waals surface area contributed by atoms with E-state index in [-0.39, 0.29) is 23.2 Å². The zero-order valence-electron chi connectivity index (χ0n) is 16.5. The van der Waals surface area contributed by atoms with Crippen molar-refractivity contribution in [2.75, 3.05) is 37.9 Å². The molecule has 1 aliphatic rings. The highest BCUT2D eigenvalue weighted by Crippen LogP contribution is 2.34. The third-order valence-electron chi connectivity index (χ3n) is 4.40. The van der Waals surface area contributed by atoms with Gasteiger partial charge in [-0.3, -0.25) is 9.59 Å². The molecule has 0 unspecified atom stereocenters. The molecule has 0 aliphatic carbocycles. The second-order valence-corrected chi connectivity index (χ2v) is 9.03. The van der Waals surface area contributed by atoms with E-state index >= 15 is 0 Å². The van der Waals surface area contributed by atoms with Crippen molar-refractivity contribution in [3.05, 3.63) is 40.9 Å². The number of sulfonamides is 1. The zero-order chi connectivity index (χ0) is 22.1. The van der Waals surface area contributed by atoms with E-state index in [0.29, 0.717) is 27.7 Å². The second-order valence-electron chi connectivity index (χ2n) is 6.61. The first kappa shape index (κ1) is 21.9. The van der Waals surface area contributed by atoms with Crippen LogP contribution in [0.2, 0.25) is 5.02 Å². The summed E-state index contributed by atoms with van der Waals surface area (Å²) in [5.74, 6) is -0.147. The predicted molar refractivity (Wildman–Crippen MR) is 112 cm³/mol. The van der Waals surface area contributed by atoms with Crippen LogP contribution < -0.4 is 20.1 Å². The van der Waals surface area contributed by atoms with Gasteiger partial charge >= 0.3 is 0 Å². The van der Waals surface area contributed by atoms with Gasteiger partial charge in [-0.1, -0.05) is 11.6 Å². The molecule has 0 saturated carbocycles. The standard InChI is InChI=1S/C19H20ClN3O6S/c1-11-6-14-16(29-10-19(25)22-14)8-17(11)30(26,27)23(2)9-18(24)21-12-4-5-15(28-3)13(20)7-12/h4-8H,9-10H2,1-3H3,(H,21,24)(H,22,25). The van der Waals surface area contributed by atoms with Crippen molar-refractivity contribution >= 4 is 44.8 Å². The maximum Gasteiger partial charge on any atom is 0.262 e. The van der Waals surface area contributed by atoms with Crippen LogP contribution >= 0.6 is 11.6 Å². The fraction of sp³-hybridized carbons (Fsp3) is 0.263. The van der Waals surface area contributed by atoms with Crippen molar-refractivity contribution in [1.29, 1.82) is 0 Å². The minimum atomic E-state index is -3.99. The van der Waals surface area contributed by atoms with Crippen molar-refractivity contribution in [3.8, 4) is 11.5 Å². The van der Waals surface area contributed by atoms with Crippen LogP contribution in [0.25, 0.3) is 0 Å². The van der Waals surface area contributed by atoms with Crippen molar-refractivity contribution in [2.45, 2.75) is 11.8 Å². The Labute approximate surface area is 179 Å². The smallest absolute Gasteiger partial charge is 0.262 e. The summed E-state index contributed by atoms with van der Waals surface area (Å²) >= 11 is 6.04. The molecule has 1 aliphatic heterocycles. The summed E-state index contributed by atoms with van der Waals surface area (Å²) in [6.45, 7) is 0.986. The molecule has 0 radical (unpaired) electrons. The van der Waals surface area contributed by atoms with Crippen LogP contribution in [0.4, 0.5) is 11.4 Å². The quantitative estimate of drug-likeness (QED) is 0.693. The predicted octanol–water partition coefficient (Wildman–Crippen LogP) is 2.25. The molecule has 0 bridgehead atoms. The maximum absolute atomic E-state index is 13.0. The Morgan fingerprint density at radius 2 is 2.07 bits per heavy atom. The van der Waals surface area contributed by atoms with Gasteiger partial charge < -0.3 is 20.1 Å². The number of likely N-dealkylation sites (N-methyl/N-ethyl adjacent to an activating group) is 1. The summed E-state index contributed by atoms with van der Waals surface area (Å²) in [4.78, 5) is 23.8. The van der Waals surface area contributed by atoms with E-state index in [1.165, 1.54) is 32.4 Å². The molecular formula is C19H20ClN3O6S. The van der Waals surface area contributed by atoms with E-state index in [4.69, 9.17) is 21.1 Å².